The molecule has 8 heteroatoms. The van der Waals surface area contributed by atoms with Crippen LogP contribution in [-0.2, 0) is 12.7 Å². The molecular formula is C23H18BrF3N2OS. The van der Waals surface area contributed by atoms with E-state index in [9.17, 15) is 18.0 Å². The van der Waals surface area contributed by atoms with Gasteiger partial charge in [-0.15, -0.1) is 11.3 Å². The number of rotatable bonds is 5. The van der Waals surface area contributed by atoms with Crippen LogP contribution in [0.1, 0.15) is 40.1 Å². The van der Waals surface area contributed by atoms with E-state index >= 15 is 0 Å². The van der Waals surface area contributed by atoms with Crippen molar-refractivity contribution >= 4 is 43.4 Å². The summed E-state index contributed by atoms with van der Waals surface area (Å²) in [4.78, 5) is 13.1. The lowest BCUT2D eigenvalue weighted by Gasteiger charge is -2.16. The average Bonchev–Trinajstić information content (AvgIpc) is 3.28. The number of carbonyl (C=O) groups excluding carboxylic acids is 1. The highest BCUT2D eigenvalue weighted by Crippen LogP contribution is 2.34. The number of nitrogens with zero attached hydrogens (tertiary/aromatic N) is 1. The number of fused-ring (bicyclic) bond motifs is 1. The Morgan fingerprint density at radius 3 is 2.45 bits per heavy atom. The van der Waals surface area contributed by atoms with Gasteiger partial charge >= 0.3 is 6.18 Å². The zero-order chi connectivity index (χ0) is 22.2. The molecule has 1 N–H and O–H groups in total. The molecule has 0 spiro atoms. The van der Waals surface area contributed by atoms with Crippen molar-refractivity contribution in [3.05, 3.63) is 92.9 Å². The molecule has 31 heavy (non-hydrogen) atoms. The second-order valence-electron chi connectivity index (χ2n) is 7.21. The van der Waals surface area contributed by atoms with E-state index in [-0.39, 0.29) is 18.5 Å². The van der Waals surface area contributed by atoms with Gasteiger partial charge in [0.15, 0.2) is 0 Å². The highest BCUT2D eigenvalue weighted by molar-refractivity contribution is 9.10. The minimum Gasteiger partial charge on any atom is -0.344 e. The van der Waals surface area contributed by atoms with Gasteiger partial charge in [0.25, 0.3) is 5.91 Å². The summed E-state index contributed by atoms with van der Waals surface area (Å²) in [5, 5.41) is 4.95. The molecule has 1 unspecified atom stereocenters. The molecule has 2 aromatic heterocycles. The number of nitrogens with one attached hydrogen (secondary N) is 1. The van der Waals surface area contributed by atoms with Gasteiger partial charge in [-0.1, -0.05) is 42.5 Å². The van der Waals surface area contributed by atoms with E-state index in [1.165, 1.54) is 23.5 Å². The molecule has 0 radical (unpaired) electrons. The zero-order valence-electron chi connectivity index (χ0n) is 16.4. The van der Waals surface area contributed by atoms with Gasteiger partial charge in [-0.2, -0.15) is 13.2 Å². The summed E-state index contributed by atoms with van der Waals surface area (Å²) in [6.07, 6.45) is -4.38. The van der Waals surface area contributed by atoms with E-state index in [1.54, 1.807) is 0 Å². The Morgan fingerprint density at radius 2 is 1.81 bits per heavy atom. The van der Waals surface area contributed by atoms with Crippen molar-refractivity contribution in [2.45, 2.75) is 25.7 Å². The van der Waals surface area contributed by atoms with Crippen LogP contribution in [0.4, 0.5) is 13.2 Å². The zero-order valence-corrected chi connectivity index (χ0v) is 18.8. The third-order valence-electron chi connectivity index (χ3n) is 5.08. The predicted octanol–water partition coefficient (Wildman–Crippen LogP) is 7.02. The SMILES string of the molecule is CC(NC(=O)c1cc2scc(Br)c2n1Cc1ccc(C(F)(F)F)cc1)c1ccccc1. The standard InChI is InChI=1S/C23H18BrF3N2OS/c1-14(16-5-3-2-4-6-16)28-22(30)19-11-20-21(18(24)13-31-20)29(19)12-15-7-9-17(10-8-15)23(25,26)27/h2-11,13-14H,12H2,1H3,(H,28,30). The van der Waals surface area contributed by atoms with Crippen LogP contribution in [-0.4, -0.2) is 10.5 Å². The number of alkyl halides is 3. The molecule has 2 aromatic carbocycles. The van der Waals surface area contributed by atoms with E-state index < -0.39 is 11.7 Å². The number of aromatic nitrogens is 1. The number of benzene rings is 2. The van der Waals surface area contributed by atoms with Gasteiger partial charge < -0.3 is 9.88 Å². The molecule has 1 amide bonds. The molecule has 2 heterocycles. The maximum absolute atomic E-state index is 13.1. The average molecular weight is 507 g/mol. The van der Waals surface area contributed by atoms with E-state index in [2.05, 4.69) is 21.2 Å². The van der Waals surface area contributed by atoms with E-state index in [0.29, 0.717) is 11.3 Å². The molecule has 0 saturated heterocycles. The number of thiophene rings is 1. The summed E-state index contributed by atoms with van der Waals surface area (Å²) in [6, 6.07) is 16.3. The lowest BCUT2D eigenvalue weighted by Crippen LogP contribution is -2.28. The molecule has 4 aromatic rings. The molecule has 0 bridgehead atoms. The van der Waals surface area contributed by atoms with Crippen LogP contribution < -0.4 is 5.32 Å². The molecule has 1 atom stereocenters. The Labute approximate surface area is 189 Å². The van der Waals surface area contributed by atoms with Gasteiger partial charge in [0, 0.05) is 11.9 Å². The van der Waals surface area contributed by atoms with Crippen LogP contribution in [0.5, 0.6) is 0 Å². The van der Waals surface area contributed by atoms with Crippen molar-refractivity contribution in [3.8, 4) is 0 Å². The van der Waals surface area contributed by atoms with Crippen LogP contribution in [0.25, 0.3) is 10.2 Å². The Bertz CT molecular complexity index is 1210. The highest BCUT2D eigenvalue weighted by Gasteiger charge is 2.30. The first-order valence-corrected chi connectivity index (χ1v) is 11.2. The largest absolute Gasteiger partial charge is 0.416 e. The van der Waals surface area contributed by atoms with Gasteiger partial charge in [0.05, 0.1) is 26.3 Å². The second kappa shape index (κ2) is 8.51. The second-order valence-corrected chi connectivity index (χ2v) is 8.98. The first-order valence-electron chi connectivity index (χ1n) is 9.52. The van der Waals surface area contributed by atoms with E-state index in [4.69, 9.17) is 0 Å². The van der Waals surface area contributed by atoms with Crippen LogP contribution >= 0.6 is 27.3 Å². The quantitative estimate of drug-likeness (QED) is 0.310. The minimum absolute atomic E-state index is 0.190. The molecule has 160 valence electrons. The Balaban J connectivity index is 1.65. The smallest absolute Gasteiger partial charge is 0.344 e. The van der Waals surface area contributed by atoms with Crippen molar-refractivity contribution in [2.75, 3.05) is 0 Å². The molecule has 0 aliphatic carbocycles. The minimum atomic E-state index is -4.38. The van der Waals surface area contributed by atoms with Gasteiger partial charge in [0.2, 0.25) is 0 Å². The Hall–Kier alpha value is -2.58. The summed E-state index contributed by atoms with van der Waals surface area (Å²) < 4.78 is 42.3. The van der Waals surface area contributed by atoms with Gasteiger partial charge in [0.1, 0.15) is 5.69 Å². The van der Waals surface area contributed by atoms with Crippen molar-refractivity contribution in [1.82, 2.24) is 9.88 Å². The van der Waals surface area contributed by atoms with E-state index in [0.717, 1.165) is 32.4 Å². The number of halogens is 4. The normalized spacial score (nSPS) is 12.8. The predicted molar refractivity (Wildman–Crippen MR) is 120 cm³/mol. The topological polar surface area (TPSA) is 34.0 Å². The van der Waals surface area contributed by atoms with Gasteiger partial charge in [-0.05, 0) is 52.2 Å². The molecular weight excluding hydrogens is 489 g/mol. The summed E-state index contributed by atoms with van der Waals surface area (Å²) in [6.45, 7) is 2.19. The third kappa shape index (κ3) is 4.55. The first-order chi connectivity index (χ1) is 14.7. The number of hydrogen-bond donors (Lipinski definition) is 1. The van der Waals surface area contributed by atoms with Crippen LogP contribution in [0, 0.1) is 0 Å². The van der Waals surface area contributed by atoms with Crippen LogP contribution in [0.2, 0.25) is 0 Å². The maximum atomic E-state index is 13.1. The molecule has 4 rings (SSSR count). The fraction of sp³-hybridized carbons (Fsp3) is 0.174. The molecule has 0 fully saturated rings. The fourth-order valence-electron chi connectivity index (χ4n) is 3.46. The number of carbonyl (C=O) groups is 1. The number of amides is 1. The summed E-state index contributed by atoms with van der Waals surface area (Å²) in [5.74, 6) is -0.237. The van der Waals surface area contributed by atoms with Crippen molar-refractivity contribution in [1.29, 1.82) is 0 Å². The van der Waals surface area contributed by atoms with Crippen LogP contribution in [0.15, 0.2) is 70.5 Å². The molecule has 0 aliphatic rings. The molecule has 0 saturated carbocycles. The lowest BCUT2D eigenvalue weighted by atomic mass is 10.1. The first kappa shape index (κ1) is 21.6. The van der Waals surface area contributed by atoms with Gasteiger partial charge in [-0.25, -0.2) is 0 Å². The lowest BCUT2D eigenvalue weighted by molar-refractivity contribution is -0.137. The molecule has 3 nitrogen and oxygen atoms in total. The maximum Gasteiger partial charge on any atom is 0.416 e. The Morgan fingerprint density at radius 1 is 1.13 bits per heavy atom. The van der Waals surface area contributed by atoms with Crippen molar-refractivity contribution in [3.63, 3.8) is 0 Å². The van der Waals surface area contributed by atoms with Crippen molar-refractivity contribution in [2.24, 2.45) is 0 Å². The summed E-state index contributed by atoms with van der Waals surface area (Å²) in [5.41, 5.74) is 2.28. The Kier molecular flexibility index (Phi) is 5.94. The summed E-state index contributed by atoms with van der Waals surface area (Å²) in [7, 11) is 0. The molecule has 0 aliphatic heterocycles. The summed E-state index contributed by atoms with van der Waals surface area (Å²) >= 11 is 5.03. The fourth-order valence-corrected chi connectivity index (χ4v) is 5.15. The monoisotopic (exact) mass is 506 g/mol. The van der Waals surface area contributed by atoms with Gasteiger partial charge in [-0.3, -0.25) is 4.79 Å². The van der Waals surface area contributed by atoms with E-state index in [1.807, 2.05) is 53.3 Å². The number of hydrogen-bond acceptors (Lipinski definition) is 2. The van der Waals surface area contributed by atoms with Crippen LogP contribution in [0.3, 0.4) is 0 Å². The van der Waals surface area contributed by atoms with Crippen molar-refractivity contribution < 1.29 is 18.0 Å². The third-order valence-corrected chi connectivity index (χ3v) is 6.91. The highest BCUT2D eigenvalue weighted by atomic mass is 79.9.